The molecule has 0 bridgehead atoms. The Morgan fingerprint density at radius 3 is 2.56 bits per heavy atom. The number of likely N-dealkylation sites (N-methyl/N-ethyl adjacent to an activating group) is 1. The zero-order chi connectivity index (χ0) is 19.1. The van der Waals surface area contributed by atoms with Crippen LogP contribution in [0.3, 0.4) is 0 Å². The fourth-order valence-electron chi connectivity index (χ4n) is 3.08. The maximum absolute atomic E-state index is 13.4. The lowest BCUT2D eigenvalue weighted by atomic mass is 10.1. The smallest absolute Gasteiger partial charge is 0.262 e. The zero-order valence-electron chi connectivity index (χ0n) is 15.3. The second kappa shape index (κ2) is 6.55. The molecule has 7 nitrogen and oxygen atoms in total. The highest BCUT2D eigenvalue weighted by Gasteiger charge is 2.18. The van der Waals surface area contributed by atoms with Crippen LogP contribution in [0.1, 0.15) is 5.82 Å². The van der Waals surface area contributed by atoms with Gasteiger partial charge >= 0.3 is 0 Å². The second-order valence-corrected chi connectivity index (χ2v) is 6.72. The fourth-order valence-corrected chi connectivity index (χ4v) is 3.08. The Bertz CT molecular complexity index is 1190. The lowest BCUT2D eigenvalue weighted by Gasteiger charge is -2.13. The molecule has 0 fully saturated rings. The molecule has 0 aliphatic heterocycles. The molecule has 8 heteroatoms. The van der Waals surface area contributed by atoms with Gasteiger partial charge in [-0.3, -0.25) is 4.79 Å². The van der Waals surface area contributed by atoms with E-state index in [2.05, 4.69) is 15.1 Å². The zero-order valence-corrected chi connectivity index (χ0v) is 15.3. The predicted octanol–water partition coefficient (Wildman–Crippen LogP) is 2.12. The van der Waals surface area contributed by atoms with Gasteiger partial charge in [0.2, 0.25) is 0 Å². The van der Waals surface area contributed by atoms with E-state index in [1.807, 2.05) is 25.1 Å². The number of rotatable bonds is 4. The number of aromatic nitrogens is 5. The van der Waals surface area contributed by atoms with Crippen LogP contribution in [0.4, 0.5) is 4.39 Å². The Morgan fingerprint density at radius 1 is 1.11 bits per heavy atom. The Hall–Kier alpha value is -3.13. The van der Waals surface area contributed by atoms with E-state index in [1.165, 1.54) is 12.1 Å². The third-order valence-electron chi connectivity index (χ3n) is 4.41. The molecule has 0 saturated heterocycles. The van der Waals surface area contributed by atoms with E-state index in [9.17, 15) is 9.18 Å². The van der Waals surface area contributed by atoms with Crippen molar-refractivity contribution in [1.82, 2.24) is 29.0 Å². The molecule has 4 rings (SSSR count). The summed E-state index contributed by atoms with van der Waals surface area (Å²) in [7, 11) is 3.92. The van der Waals surface area contributed by atoms with Gasteiger partial charge < -0.3 is 9.47 Å². The van der Waals surface area contributed by atoms with E-state index >= 15 is 0 Å². The van der Waals surface area contributed by atoms with Gasteiger partial charge in [-0.15, -0.1) is 5.10 Å². The van der Waals surface area contributed by atoms with Crippen LogP contribution in [0.25, 0.3) is 27.9 Å². The monoisotopic (exact) mass is 366 g/mol. The molecule has 0 spiro atoms. The summed E-state index contributed by atoms with van der Waals surface area (Å²) in [5.74, 6) is 0.616. The third kappa shape index (κ3) is 3.08. The first kappa shape index (κ1) is 17.3. The van der Waals surface area contributed by atoms with E-state index in [0.29, 0.717) is 40.3 Å². The summed E-state index contributed by atoms with van der Waals surface area (Å²) in [5.41, 5.74) is 1.64. The quantitative estimate of drug-likeness (QED) is 0.553. The molecular weight excluding hydrogens is 347 g/mol. The van der Waals surface area contributed by atoms with Crippen LogP contribution in [-0.4, -0.2) is 49.7 Å². The highest BCUT2D eigenvalue weighted by atomic mass is 19.1. The summed E-state index contributed by atoms with van der Waals surface area (Å²) in [4.78, 5) is 24.1. The molecule has 1 aromatic carbocycles. The van der Waals surface area contributed by atoms with Crippen LogP contribution in [0.5, 0.6) is 0 Å². The number of halogens is 1. The summed E-state index contributed by atoms with van der Waals surface area (Å²) < 4.78 is 16.7. The highest BCUT2D eigenvalue weighted by Crippen LogP contribution is 2.26. The van der Waals surface area contributed by atoms with Gasteiger partial charge in [-0.25, -0.2) is 9.37 Å². The van der Waals surface area contributed by atoms with Crippen LogP contribution < -0.4 is 5.56 Å². The predicted molar refractivity (Wildman–Crippen MR) is 101 cm³/mol. The van der Waals surface area contributed by atoms with Gasteiger partial charge in [-0.05, 0) is 51.4 Å². The van der Waals surface area contributed by atoms with Crippen molar-refractivity contribution >= 4 is 16.7 Å². The molecule has 3 heterocycles. The summed E-state index contributed by atoms with van der Waals surface area (Å²) in [6.07, 6.45) is 1.75. The average Bonchev–Trinajstić information content (AvgIpc) is 3.00. The number of nitrogens with zero attached hydrogens (tertiary/aromatic N) is 6. The van der Waals surface area contributed by atoms with Crippen LogP contribution in [0.15, 0.2) is 41.3 Å². The third-order valence-corrected chi connectivity index (χ3v) is 4.41. The van der Waals surface area contributed by atoms with Gasteiger partial charge in [0.25, 0.3) is 11.3 Å². The van der Waals surface area contributed by atoms with E-state index < -0.39 is 0 Å². The van der Waals surface area contributed by atoms with Crippen LogP contribution in [0.2, 0.25) is 0 Å². The summed E-state index contributed by atoms with van der Waals surface area (Å²) in [6.45, 7) is 3.05. The number of hydrogen-bond donors (Lipinski definition) is 0. The van der Waals surface area contributed by atoms with Crippen LogP contribution in [0, 0.1) is 12.7 Å². The maximum atomic E-state index is 13.4. The minimum Gasteiger partial charge on any atom is -0.314 e. The SMILES string of the molecule is Cc1nc2nc3ccn(CCN(C)C)c(=O)c3c(-c3ccc(F)cc3)n2n1. The first-order valence-corrected chi connectivity index (χ1v) is 8.61. The Kier molecular flexibility index (Phi) is 4.19. The van der Waals surface area contributed by atoms with Crippen molar-refractivity contribution in [3.63, 3.8) is 0 Å². The largest absolute Gasteiger partial charge is 0.314 e. The van der Waals surface area contributed by atoms with Crippen molar-refractivity contribution in [3.8, 4) is 11.3 Å². The lowest BCUT2D eigenvalue weighted by molar-refractivity contribution is 0.381. The van der Waals surface area contributed by atoms with Gasteiger partial charge in [0.05, 0.1) is 16.6 Å². The first-order valence-electron chi connectivity index (χ1n) is 8.61. The van der Waals surface area contributed by atoms with Crippen LogP contribution >= 0.6 is 0 Å². The van der Waals surface area contributed by atoms with E-state index in [1.54, 1.807) is 34.3 Å². The molecule has 3 aromatic heterocycles. The number of hydrogen-bond acceptors (Lipinski definition) is 5. The molecular formula is C19H19FN6O. The Labute approximate surface area is 154 Å². The molecule has 0 saturated carbocycles. The van der Waals surface area contributed by atoms with Gasteiger partial charge in [-0.2, -0.15) is 9.50 Å². The molecule has 0 unspecified atom stereocenters. The summed E-state index contributed by atoms with van der Waals surface area (Å²) in [6, 6.07) is 7.81. The minimum absolute atomic E-state index is 0.156. The normalized spacial score (nSPS) is 11.7. The van der Waals surface area contributed by atoms with Crippen molar-refractivity contribution in [2.45, 2.75) is 13.5 Å². The molecule has 0 amide bonds. The molecule has 0 radical (unpaired) electrons. The molecule has 0 aliphatic rings. The Morgan fingerprint density at radius 2 is 1.85 bits per heavy atom. The average molecular weight is 366 g/mol. The molecule has 0 atom stereocenters. The summed E-state index contributed by atoms with van der Waals surface area (Å²) >= 11 is 0. The molecule has 27 heavy (non-hydrogen) atoms. The van der Waals surface area contributed by atoms with Crippen molar-refractivity contribution in [1.29, 1.82) is 0 Å². The van der Waals surface area contributed by atoms with Gasteiger partial charge in [-0.1, -0.05) is 0 Å². The molecule has 138 valence electrons. The first-order chi connectivity index (χ1) is 12.9. The van der Waals surface area contributed by atoms with Gasteiger partial charge in [0.15, 0.2) is 0 Å². The van der Waals surface area contributed by atoms with E-state index in [-0.39, 0.29) is 11.4 Å². The van der Waals surface area contributed by atoms with Crippen molar-refractivity contribution in [3.05, 3.63) is 58.5 Å². The standard InChI is InChI=1S/C19H19FN6O/c1-12-21-19-22-15-8-9-25(11-10-24(2)3)18(27)16(15)17(26(19)23-12)13-4-6-14(20)7-5-13/h4-9H,10-11H2,1-3H3. The number of pyridine rings is 1. The number of fused-ring (bicyclic) bond motifs is 2. The second-order valence-electron chi connectivity index (χ2n) is 6.72. The lowest BCUT2D eigenvalue weighted by Crippen LogP contribution is -2.27. The minimum atomic E-state index is -0.341. The van der Waals surface area contributed by atoms with E-state index in [4.69, 9.17) is 0 Å². The van der Waals surface area contributed by atoms with Crippen molar-refractivity contribution < 1.29 is 4.39 Å². The molecule has 4 aromatic rings. The van der Waals surface area contributed by atoms with Gasteiger partial charge in [0.1, 0.15) is 11.6 Å². The number of benzene rings is 1. The van der Waals surface area contributed by atoms with Crippen LogP contribution in [-0.2, 0) is 6.54 Å². The highest BCUT2D eigenvalue weighted by molar-refractivity contribution is 5.93. The van der Waals surface area contributed by atoms with Crippen molar-refractivity contribution in [2.24, 2.45) is 0 Å². The summed E-state index contributed by atoms with van der Waals surface area (Å²) in [5, 5.41) is 4.84. The van der Waals surface area contributed by atoms with Crippen molar-refractivity contribution in [2.75, 3.05) is 20.6 Å². The molecule has 0 N–H and O–H groups in total. The maximum Gasteiger partial charge on any atom is 0.262 e. The van der Waals surface area contributed by atoms with Gasteiger partial charge in [0, 0.05) is 24.8 Å². The molecule has 0 aliphatic carbocycles. The topological polar surface area (TPSA) is 68.3 Å². The van der Waals surface area contributed by atoms with E-state index in [0.717, 1.165) is 6.54 Å². The number of aryl methyl sites for hydroxylation is 1. The fraction of sp³-hybridized carbons (Fsp3) is 0.263. The Balaban J connectivity index is 2.06.